The first-order valence-corrected chi connectivity index (χ1v) is 10.8. The number of carbonyl (C=O) groups excluding carboxylic acids is 1. The van der Waals surface area contributed by atoms with Gasteiger partial charge in [0.15, 0.2) is 5.76 Å². The standard InChI is InChI=1S/C21H29NO4S/c1-24-13-14-25-12-11-22-21(23)20-18(15-27-16-7-3-2-4-8-16)17-9-5-6-10-19(17)26-20/h5-6,9-10,16H,2-4,7-8,11-15H2,1H3,(H,22,23). The lowest BCUT2D eigenvalue weighted by atomic mass is 10.0. The maximum absolute atomic E-state index is 12.7. The fourth-order valence-corrected chi connectivity index (χ4v) is 4.78. The van der Waals surface area contributed by atoms with Crippen LogP contribution in [0.1, 0.15) is 48.2 Å². The molecule has 0 radical (unpaired) electrons. The molecule has 0 spiro atoms. The van der Waals surface area contributed by atoms with Crippen LogP contribution in [-0.2, 0) is 15.2 Å². The zero-order valence-electron chi connectivity index (χ0n) is 16.0. The molecule has 1 N–H and O–H groups in total. The van der Waals surface area contributed by atoms with Gasteiger partial charge in [-0.15, -0.1) is 0 Å². The van der Waals surface area contributed by atoms with Crippen LogP contribution in [0.4, 0.5) is 0 Å². The van der Waals surface area contributed by atoms with Crippen LogP contribution in [0, 0.1) is 0 Å². The minimum absolute atomic E-state index is 0.166. The quantitative estimate of drug-likeness (QED) is 0.609. The Bertz CT molecular complexity index is 724. The van der Waals surface area contributed by atoms with E-state index in [9.17, 15) is 4.79 Å². The highest BCUT2D eigenvalue weighted by Gasteiger charge is 2.22. The molecule has 1 aliphatic rings. The van der Waals surface area contributed by atoms with Gasteiger partial charge in [-0.2, -0.15) is 11.8 Å². The number of hydrogen-bond donors (Lipinski definition) is 1. The number of carbonyl (C=O) groups is 1. The Morgan fingerprint density at radius 1 is 1.19 bits per heavy atom. The smallest absolute Gasteiger partial charge is 0.287 e. The Hall–Kier alpha value is -1.50. The van der Waals surface area contributed by atoms with Crippen molar-refractivity contribution in [1.29, 1.82) is 0 Å². The van der Waals surface area contributed by atoms with Crippen molar-refractivity contribution in [2.24, 2.45) is 0 Å². The molecule has 0 atom stereocenters. The van der Waals surface area contributed by atoms with Crippen molar-refractivity contribution in [1.82, 2.24) is 5.32 Å². The summed E-state index contributed by atoms with van der Waals surface area (Å²) in [5.41, 5.74) is 1.79. The van der Waals surface area contributed by atoms with E-state index >= 15 is 0 Å². The normalized spacial score (nSPS) is 15.3. The second kappa shape index (κ2) is 10.7. The maximum Gasteiger partial charge on any atom is 0.287 e. The van der Waals surface area contributed by atoms with Crippen molar-refractivity contribution in [2.45, 2.75) is 43.1 Å². The number of ether oxygens (including phenoxy) is 2. The van der Waals surface area contributed by atoms with Crippen molar-refractivity contribution >= 4 is 28.6 Å². The zero-order valence-corrected chi connectivity index (χ0v) is 16.8. The van der Waals surface area contributed by atoms with Crippen molar-refractivity contribution in [3.05, 3.63) is 35.6 Å². The van der Waals surface area contributed by atoms with Crippen molar-refractivity contribution in [2.75, 3.05) is 33.5 Å². The Morgan fingerprint density at radius 3 is 2.81 bits per heavy atom. The van der Waals surface area contributed by atoms with E-state index in [1.54, 1.807) is 7.11 Å². The number of methoxy groups -OCH3 is 1. The van der Waals surface area contributed by atoms with Crippen LogP contribution in [-0.4, -0.2) is 44.6 Å². The summed E-state index contributed by atoms with van der Waals surface area (Å²) >= 11 is 1.96. The predicted molar refractivity (Wildman–Crippen MR) is 109 cm³/mol. The summed E-state index contributed by atoms with van der Waals surface area (Å²) in [7, 11) is 1.64. The molecule has 1 amide bonds. The largest absolute Gasteiger partial charge is 0.451 e. The molecule has 6 heteroatoms. The molecular weight excluding hydrogens is 362 g/mol. The van der Waals surface area contributed by atoms with E-state index in [1.165, 1.54) is 32.1 Å². The number of benzene rings is 1. The van der Waals surface area contributed by atoms with Crippen LogP contribution in [0.5, 0.6) is 0 Å². The Kier molecular flexibility index (Phi) is 8.05. The minimum Gasteiger partial charge on any atom is -0.451 e. The van der Waals surface area contributed by atoms with Gasteiger partial charge in [-0.3, -0.25) is 4.79 Å². The van der Waals surface area contributed by atoms with E-state index in [4.69, 9.17) is 13.9 Å². The lowest BCUT2D eigenvalue weighted by Crippen LogP contribution is -2.28. The minimum atomic E-state index is -0.166. The predicted octanol–water partition coefficient (Wildman–Crippen LogP) is 4.39. The van der Waals surface area contributed by atoms with Crippen LogP contribution < -0.4 is 5.32 Å². The molecule has 1 aromatic heterocycles. The van der Waals surface area contributed by atoms with E-state index in [0.717, 1.165) is 22.3 Å². The molecule has 0 bridgehead atoms. The fraction of sp³-hybridized carbons (Fsp3) is 0.571. The third kappa shape index (κ3) is 5.74. The average Bonchev–Trinajstić information content (AvgIpc) is 3.08. The number of furan rings is 1. The highest BCUT2D eigenvalue weighted by Crippen LogP contribution is 2.34. The van der Waals surface area contributed by atoms with Crippen LogP contribution >= 0.6 is 11.8 Å². The Morgan fingerprint density at radius 2 is 2.00 bits per heavy atom. The molecule has 1 aromatic carbocycles. The van der Waals surface area contributed by atoms with Crippen molar-refractivity contribution in [3.63, 3.8) is 0 Å². The van der Waals surface area contributed by atoms with E-state index in [-0.39, 0.29) is 5.91 Å². The van der Waals surface area contributed by atoms with Crippen LogP contribution in [0.25, 0.3) is 11.0 Å². The first-order chi connectivity index (χ1) is 13.3. The van der Waals surface area contributed by atoms with Gasteiger partial charge in [0, 0.05) is 35.6 Å². The number of para-hydroxylation sites is 1. The number of fused-ring (bicyclic) bond motifs is 1. The SMILES string of the molecule is COCCOCCNC(=O)c1oc2ccccc2c1CSC1CCCCC1. The molecule has 27 heavy (non-hydrogen) atoms. The lowest BCUT2D eigenvalue weighted by molar-refractivity contribution is 0.0687. The molecular formula is C21H29NO4S. The highest BCUT2D eigenvalue weighted by molar-refractivity contribution is 7.99. The molecule has 1 aliphatic carbocycles. The van der Waals surface area contributed by atoms with E-state index in [2.05, 4.69) is 5.32 Å². The molecule has 3 rings (SSSR count). The van der Waals surface area contributed by atoms with Gasteiger partial charge in [-0.25, -0.2) is 0 Å². The fourth-order valence-electron chi connectivity index (χ4n) is 3.42. The number of nitrogens with one attached hydrogen (secondary N) is 1. The summed E-state index contributed by atoms with van der Waals surface area (Å²) in [6.07, 6.45) is 6.55. The Balaban J connectivity index is 1.63. The summed E-state index contributed by atoms with van der Waals surface area (Å²) in [5.74, 6) is 1.09. The number of rotatable bonds is 10. The molecule has 0 saturated heterocycles. The molecule has 0 unspecified atom stereocenters. The number of hydrogen-bond acceptors (Lipinski definition) is 5. The molecule has 2 aromatic rings. The van der Waals surface area contributed by atoms with Gasteiger partial charge in [0.25, 0.3) is 5.91 Å². The first kappa shape index (κ1) is 20.2. The molecule has 1 heterocycles. The highest BCUT2D eigenvalue weighted by atomic mass is 32.2. The lowest BCUT2D eigenvalue weighted by Gasteiger charge is -2.20. The van der Waals surface area contributed by atoms with Gasteiger partial charge in [0.05, 0.1) is 19.8 Å². The van der Waals surface area contributed by atoms with E-state index in [0.29, 0.717) is 37.4 Å². The second-order valence-corrected chi connectivity index (χ2v) is 8.13. The molecule has 148 valence electrons. The summed E-state index contributed by atoms with van der Waals surface area (Å²) in [6, 6.07) is 7.90. The topological polar surface area (TPSA) is 60.7 Å². The summed E-state index contributed by atoms with van der Waals surface area (Å²) in [6.45, 7) is 2.00. The summed E-state index contributed by atoms with van der Waals surface area (Å²) < 4.78 is 16.2. The van der Waals surface area contributed by atoms with Gasteiger partial charge >= 0.3 is 0 Å². The van der Waals surface area contributed by atoms with Crippen LogP contribution in [0.2, 0.25) is 0 Å². The third-order valence-corrected chi connectivity index (χ3v) is 6.28. The number of amides is 1. The monoisotopic (exact) mass is 391 g/mol. The van der Waals surface area contributed by atoms with Gasteiger partial charge in [0.1, 0.15) is 5.58 Å². The van der Waals surface area contributed by atoms with E-state index in [1.807, 2.05) is 36.0 Å². The summed E-state index contributed by atoms with van der Waals surface area (Å²) in [5, 5.41) is 4.64. The second-order valence-electron chi connectivity index (χ2n) is 6.84. The third-order valence-electron chi connectivity index (χ3n) is 4.88. The van der Waals surface area contributed by atoms with Crippen LogP contribution in [0.15, 0.2) is 28.7 Å². The summed E-state index contributed by atoms with van der Waals surface area (Å²) in [4.78, 5) is 12.7. The number of thioether (sulfide) groups is 1. The first-order valence-electron chi connectivity index (χ1n) is 9.76. The Labute approximate surface area is 165 Å². The van der Waals surface area contributed by atoms with Gasteiger partial charge < -0.3 is 19.2 Å². The molecule has 0 aliphatic heterocycles. The van der Waals surface area contributed by atoms with Gasteiger partial charge in [0.2, 0.25) is 0 Å². The van der Waals surface area contributed by atoms with Crippen molar-refractivity contribution < 1.29 is 18.7 Å². The van der Waals surface area contributed by atoms with Crippen molar-refractivity contribution in [3.8, 4) is 0 Å². The van der Waals surface area contributed by atoms with Crippen LogP contribution in [0.3, 0.4) is 0 Å². The van der Waals surface area contributed by atoms with E-state index < -0.39 is 0 Å². The molecule has 5 nitrogen and oxygen atoms in total. The van der Waals surface area contributed by atoms with Gasteiger partial charge in [-0.05, 0) is 18.9 Å². The maximum atomic E-state index is 12.7. The molecule has 1 saturated carbocycles. The molecule has 1 fully saturated rings. The van der Waals surface area contributed by atoms with Gasteiger partial charge in [-0.1, -0.05) is 37.5 Å². The zero-order chi connectivity index (χ0) is 18.9. The average molecular weight is 392 g/mol.